The summed E-state index contributed by atoms with van der Waals surface area (Å²) < 4.78 is 5.42. The summed E-state index contributed by atoms with van der Waals surface area (Å²) >= 11 is 0. The number of rotatable bonds is 8. The summed E-state index contributed by atoms with van der Waals surface area (Å²) in [6, 6.07) is 23.8. The lowest BCUT2D eigenvalue weighted by Crippen LogP contribution is -2.36. The Morgan fingerprint density at radius 1 is 0.969 bits per heavy atom. The number of benzene rings is 3. The molecular weight excluding hydrogens is 398 g/mol. The van der Waals surface area contributed by atoms with E-state index in [1.807, 2.05) is 12.1 Å². The molecule has 1 aliphatic heterocycles. The van der Waals surface area contributed by atoms with E-state index < -0.39 is 0 Å². The molecule has 5 rings (SSSR count). The first kappa shape index (κ1) is 21.0. The van der Waals surface area contributed by atoms with Crippen molar-refractivity contribution in [1.29, 1.82) is 0 Å². The zero-order chi connectivity index (χ0) is 21.8. The lowest BCUT2D eigenvalue weighted by molar-refractivity contribution is -0.116. The number of nitrogens with one attached hydrogen (secondary N) is 1. The zero-order valence-electron chi connectivity index (χ0n) is 18.5. The van der Waals surface area contributed by atoms with Crippen molar-refractivity contribution in [2.24, 2.45) is 0 Å². The van der Waals surface area contributed by atoms with Crippen LogP contribution < -0.4 is 10.2 Å². The quantitative estimate of drug-likeness (QED) is 0.565. The Labute approximate surface area is 190 Å². The van der Waals surface area contributed by atoms with Crippen molar-refractivity contribution in [1.82, 2.24) is 4.90 Å². The Morgan fingerprint density at radius 3 is 2.50 bits per heavy atom. The molecule has 5 nitrogen and oxygen atoms in total. The van der Waals surface area contributed by atoms with Gasteiger partial charge in [0, 0.05) is 50.0 Å². The molecule has 1 saturated heterocycles. The maximum absolute atomic E-state index is 12.6. The minimum Gasteiger partial charge on any atom is -0.378 e. The minimum absolute atomic E-state index is 0.0766. The number of ether oxygens (including phenoxy) is 1. The van der Waals surface area contributed by atoms with Gasteiger partial charge in [0.25, 0.3) is 0 Å². The summed E-state index contributed by atoms with van der Waals surface area (Å²) in [6.45, 7) is 5.06. The topological polar surface area (TPSA) is 44.8 Å². The van der Waals surface area contributed by atoms with Crippen LogP contribution in [0.25, 0.3) is 10.8 Å². The van der Waals surface area contributed by atoms with Gasteiger partial charge in [0.05, 0.1) is 13.2 Å². The van der Waals surface area contributed by atoms with E-state index in [-0.39, 0.29) is 5.91 Å². The molecule has 166 valence electrons. The molecule has 1 saturated carbocycles. The molecule has 2 aliphatic rings. The first-order valence-corrected chi connectivity index (χ1v) is 11.7. The Hall–Kier alpha value is -2.89. The maximum Gasteiger partial charge on any atom is 0.225 e. The third-order valence-electron chi connectivity index (χ3n) is 6.47. The second-order valence-corrected chi connectivity index (χ2v) is 8.78. The van der Waals surface area contributed by atoms with Gasteiger partial charge >= 0.3 is 0 Å². The Morgan fingerprint density at radius 2 is 1.72 bits per heavy atom. The molecule has 0 bridgehead atoms. The van der Waals surface area contributed by atoms with E-state index in [1.165, 1.54) is 34.9 Å². The molecule has 3 aromatic rings. The average Bonchev–Trinajstić information content (AvgIpc) is 3.68. The first-order chi connectivity index (χ1) is 15.8. The van der Waals surface area contributed by atoms with Crippen molar-refractivity contribution < 1.29 is 9.53 Å². The monoisotopic (exact) mass is 429 g/mol. The Bertz CT molecular complexity index is 1050. The smallest absolute Gasteiger partial charge is 0.225 e. The number of amides is 1. The third-order valence-corrected chi connectivity index (χ3v) is 6.47. The average molecular weight is 430 g/mol. The highest BCUT2D eigenvalue weighted by Gasteiger charge is 2.29. The summed E-state index contributed by atoms with van der Waals surface area (Å²) in [5, 5.41) is 5.66. The highest BCUT2D eigenvalue weighted by molar-refractivity contribution is 5.91. The van der Waals surface area contributed by atoms with Crippen LogP contribution in [-0.4, -0.2) is 49.7 Å². The summed E-state index contributed by atoms with van der Waals surface area (Å²) in [5.41, 5.74) is 3.38. The number of fused-ring (bicyclic) bond motifs is 1. The molecule has 1 heterocycles. The molecule has 1 aliphatic carbocycles. The van der Waals surface area contributed by atoms with E-state index in [4.69, 9.17) is 4.74 Å². The maximum atomic E-state index is 12.6. The highest BCUT2D eigenvalue weighted by Crippen LogP contribution is 2.30. The normalized spacial score (nSPS) is 16.5. The van der Waals surface area contributed by atoms with E-state index in [2.05, 4.69) is 69.7 Å². The number of anilines is 2. The number of hydrogen-bond donors (Lipinski definition) is 1. The predicted octanol–water partition coefficient (Wildman–Crippen LogP) is 4.67. The van der Waals surface area contributed by atoms with E-state index >= 15 is 0 Å². The SMILES string of the molecule is O=C(CCN(Cc1cccc2ccccc12)C1CC1)Nc1ccc(N2CCOCC2)cc1. The second kappa shape index (κ2) is 9.72. The van der Waals surface area contributed by atoms with Gasteiger partial charge in [-0.15, -0.1) is 0 Å². The predicted molar refractivity (Wildman–Crippen MR) is 130 cm³/mol. The molecule has 0 radical (unpaired) electrons. The van der Waals surface area contributed by atoms with Crippen molar-refractivity contribution >= 4 is 28.1 Å². The number of morpholine rings is 1. The fourth-order valence-corrected chi connectivity index (χ4v) is 4.53. The largest absolute Gasteiger partial charge is 0.378 e. The fourth-order valence-electron chi connectivity index (χ4n) is 4.53. The van der Waals surface area contributed by atoms with Gasteiger partial charge in [0.2, 0.25) is 5.91 Å². The van der Waals surface area contributed by atoms with Crippen molar-refractivity contribution in [3.05, 3.63) is 72.3 Å². The molecule has 2 fully saturated rings. The molecular formula is C27H31N3O2. The van der Waals surface area contributed by atoms with Gasteiger partial charge in [-0.2, -0.15) is 0 Å². The van der Waals surface area contributed by atoms with Crippen molar-refractivity contribution in [3.63, 3.8) is 0 Å². The van der Waals surface area contributed by atoms with Crippen molar-refractivity contribution in [2.75, 3.05) is 43.1 Å². The molecule has 32 heavy (non-hydrogen) atoms. The molecule has 0 spiro atoms. The van der Waals surface area contributed by atoms with Gasteiger partial charge in [-0.25, -0.2) is 0 Å². The number of hydrogen-bond acceptors (Lipinski definition) is 4. The number of nitrogens with zero attached hydrogens (tertiary/aromatic N) is 2. The zero-order valence-corrected chi connectivity index (χ0v) is 18.5. The van der Waals surface area contributed by atoms with Crippen molar-refractivity contribution in [3.8, 4) is 0 Å². The van der Waals surface area contributed by atoms with E-state index in [0.29, 0.717) is 12.5 Å². The van der Waals surface area contributed by atoms with Crippen LogP contribution in [0.4, 0.5) is 11.4 Å². The van der Waals surface area contributed by atoms with Crippen LogP contribution in [0.15, 0.2) is 66.7 Å². The standard InChI is InChI=1S/C27H31N3O2/c31-27(28-23-8-10-24(11-9-23)29-16-18-32-19-17-29)14-15-30(25-12-13-25)20-22-6-3-5-21-4-1-2-7-26(21)22/h1-11,25H,12-20H2,(H,28,31). The van der Waals surface area contributed by atoms with Crippen LogP contribution in [0.2, 0.25) is 0 Å². The molecule has 0 aromatic heterocycles. The number of carbonyl (C=O) groups excluding carboxylic acids is 1. The molecule has 5 heteroatoms. The summed E-state index contributed by atoms with van der Waals surface area (Å²) in [5.74, 6) is 0.0766. The molecule has 0 atom stereocenters. The molecule has 3 aromatic carbocycles. The van der Waals surface area contributed by atoms with Crippen LogP contribution in [-0.2, 0) is 16.1 Å². The van der Waals surface area contributed by atoms with Gasteiger partial charge in [-0.3, -0.25) is 9.69 Å². The summed E-state index contributed by atoms with van der Waals surface area (Å²) in [4.78, 5) is 17.4. The fraction of sp³-hybridized carbons (Fsp3) is 0.370. The van der Waals surface area contributed by atoms with Crippen LogP contribution in [0.1, 0.15) is 24.8 Å². The number of carbonyl (C=O) groups is 1. The third kappa shape index (κ3) is 5.12. The summed E-state index contributed by atoms with van der Waals surface area (Å²) in [6.07, 6.45) is 2.97. The van der Waals surface area contributed by atoms with Crippen molar-refractivity contribution in [2.45, 2.75) is 31.8 Å². The lowest BCUT2D eigenvalue weighted by atomic mass is 10.0. The second-order valence-electron chi connectivity index (χ2n) is 8.78. The van der Waals surface area contributed by atoms with Crippen LogP contribution >= 0.6 is 0 Å². The van der Waals surface area contributed by atoms with Crippen LogP contribution in [0.5, 0.6) is 0 Å². The van der Waals surface area contributed by atoms with Gasteiger partial charge in [-0.1, -0.05) is 42.5 Å². The van der Waals surface area contributed by atoms with Crippen LogP contribution in [0.3, 0.4) is 0 Å². The summed E-state index contributed by atoms with van der Waals surface area (Å²) in [7, 11) is 0. The van der Waals surface area contributed by atoms with E-state index in [1.54, 1.807) is 0 Å². The minimum atomic E-state index is 0.0766. The van der Waals surface area contributed by atoms with Gasteiger partial charge in [0.1, 0.15) is 0 Å². The molecule has 1 N–H and O–H groups in total. The van der Waals surface area contributed by atoms with Gasteiger partial charge in [-0.05, 0) is 53.4 Å². The van der Waals surface area contributed by atoms with Crippen LogP contribution in [0, 0.1) is 0 Å². The Balaban J connectivity index is 1.17. The van der Waals surface area contributed by atoms with E-state index in [0.717, 1.165) is 45.1 Å². The first-order valence-electron chi connectivity index (χ1n) is 11.7. The van der Waals surface area contributed by atoms with E-state index in [9.17, 15) is 4.79 Å². The van der Waals surface area contributed by atoms with Gasteiger partial charge in [0.15, 0.2) is 0 Å². The van der Waals surface area contributed by atoms with Gasteiger partial charge < -0.3 is 15.0 Å². The lowest BCUT2D eigenvalue weighted by Gasteiger charge is -2.28. The molecule has 1 amide bonds. The Kier molecular flexibility index (Phi) is 6.37. The highest BCUT2D eigenvalue weighted by atomic mass is 16.5. The molecule has 0 unspecified atom stereocenters.